The van der Waals surface area contributed by atoms with E-state index in [1.54, 1.807) is 11.3 Å². The fourth-order valence-electron chi connectivity index (χ4n) is 2.59. The molecule has 26 heavy (non-hydrogen) atoms. The summed E-state index contributed by atoms with van der Waals surface area (Å²) in [7, 11) is 0. The maximum atomic E-state index is 12.0. The number of hydrogen-bond acceptors (Lipinski definition) is 6. The molecular formula is C18H17N5O2S. The summed E-state index contributed by atoms with van der Waals surface area (Å²) in [4.78, 5) is 17.3. The fourth-order valence-corrected chi connectivity index (χ4v) is 3.31. The molecule has 0 saturated carbocycles. The largest absolute Gasteiger partial charge is 0.421 e. The first-order chi connectivity index (χ1) is 12.8. The molecule has 3 heterocycles. The second-order valence-electron chi connectivity index (χ2n) is 5.82. The molecule has 0 unspecified atom stereocenters. The number of aromatic nitrogens is 4. The molecule has 1 N–H and O–H groups in total. The lowest BCUT2D eigenvalue weighted by atomic mass is 10.2. The van der Waals surface area contributed by atoms with Crippen LogP contribution >= 0.6 is 11.3 Å². The summed E-state index contributed by atoms with van der Waals surface area (Å²) in [5.74, 6) is 1.04. The van der Waals surface area contributed by atoms with E-state index in [0.29, 0.717) is 37.6 Å². The van der Waals surface area contributed by atoms with Crippen LogP contribution in [-0.2, 0) is 17.8 Å². The Morgan fingerprint density at radius 1 is 1.23 bits per heavy atom. The monoisotopic (exact) mass is 367 g/mol. The zero-order valence-electron chi connectivity index (χ0n) is 14.0. The Morgan fingerprint density at radius 3 is 2.96 bits per heavy atom. The molecule has 8 heteroatoms. The molecule has 3 aromatic heterocycles. The zero-order valence-corrected chi connectivity index (χ0v) is 14.8. The van der Waals surface area contributed by atoms with Crippen molar-refractivity contribution < 1.29 is 9.21 Å². The zero-order chi connectivity index (χ0) is 17.8. The minimum absolute atomic E-state index is 0.0100. The van der Waals surface area contributed by atoms with Crippen LogP contribution < -0.4 is 5.32 Å². The van der Waals surface area contributed by atoms with Gasteiger partial charge in [-0.15, -0.1) is 21.5 Å². The van der Waals surface area contributed by atoms with E-state index in [-0.39, 0.29) is 5.91 Å². The van der Waals surface area contributed by atoms with Crippen LogP contribution in [0.15, 0.2) is 52.5 Å². The van der Waals surface area contributed by atoms with Crippen molar-refractivity contribution in [3.63, 3.8) is 0 Å². The van der Waals surface area contributed by atoms with E-state index in [9.17, 15) is 4.79 Å². The van der Waals surface area contributed by atoms with Gasteiger partial charge in [-0.1, -0.05) is 18.2 Å². The van der Waals surface area contributed by atoms with E-state index < -0.39 is 0 Å². The molecule has 1 aromatic carbocycles. The summed E-state index contributed by atoms with van der Waals surface area (Å²) in [6, 6.07) is 9.63. The summed E-state index contributed by atoms with van der Waals surface area (Å²) in [5.41, 5.74) is 1.75. The number of amides is 1. The van der Waals surface area contributed by atoms with Crippen molar-refractivity contribution in [3.8, 4) is 11.5 Å². The van der Waals surface area contributed by atoms with Gasteiger partial charge in [0, 0.05) is 36.2 Å². The smallest absolute Gasteiger partial charge is 0.247 e. The number of benzene rings is 1. The van der Waals surface area contributed by atoms with E-state index in [1.807, 2.05) is 52.5 Å². The van der Waals surface area contributed by atoms with E-state index in [4.69, 9.17) is 4.42 Å². The van der Waals surface area contributed by atoms with Crippen LogP contribution in [0.5, 0.6) is 0 Å². The Hall–Kier alpha value is -3.00. The van der Waals surface area contributed by atoms with Crippen LogP contribution in [0.25, 0.3) is 16.4 Å². The molecule has 0 aliphatic rings. The first-order valence-corrected chi connectivity index (χ1v) is 9.21. The molecule has 0 bridgehead atoms. The van der Waals surface area contributed by atoms with Crippen LogP contribution in [0.2, 0.25) is 0 Å². The predicted molar refractivity (Wildman–Crippen MR) is 97.6 cm³/mol. The Kier molecular flexibility index (Phi) is 4.74. The molecule has 132 valence electrons. The summed E-state index contributed by atoms with van der Waals surface area (Å²) in [6.07, 6.45) is 5.52. The van der Waals surface area contributed by atoms with Gasteiger partial charge in [-0.2, -0.15) is 0 Å². The molecule has 0 fully saturated rings. The number of nitrogens with zero attached hydrogens (tertiary/aromatic N) is 4. The van der Waals surface area contributed by atoms with Crippen molar-refractivity contribution >= 4 is 22.2 Å². The van der Waals surface area contributed by atoms with Crippen LogP contribution in [0.1, 0.15) is 24.4 Å². The first kappa shape index (κ1) is 16.5. The van der Waals surface area contributed by atoms with Crippen molar-refractivity contribution in [3.05, 3.63) is 59.7 Å². The Labute approximate surface area is 153 Å². The van der Waals surface area contributed by atoms with Crippen molar-refractivity contribution in [1.29, 1.82) is 0 Å². The Bertz CT molecular complexity index is 976. The number of thiazole rings is 1. The minimum atomic E-state index is -0.0100. The third kappa shape index (κ3) is 3.80. The van der Waals surface area contributed by atoms with Crippen molar-refractivity contribution in [2.75, 3.05) is 0 Å². The van der Waals surface area contributed by atoms with Gasteiger partial charge in [-0.3, -0.25) is 9.20 Å². The second-order valence-corrected chi connectivity index (χ2v) is 6.70. The van der Waals surface area contributed by atoms with Crippen LogP contribution in [0, 0.1) is 0 Å². The van der Waals surface area contributed by atoms with E-state index in [2.05, 4.69) is 20.5 Å². The van der Waals surface area contributed by atoms with Gasteiger partial charge in [0.2, 0.25) is 17.7 Å². The van der Waals surface area contributed by atoms with Crippen LogP contribution in [-0.4, -0.2) is 25.5 Å². The lowest BCUT2D eigenvalue weighted by molar-refractivity contribution is -0.121. The standard InChI is InChI=1S/C18H17N5O2S/c24-15(19-11-14-12-23-9-10-26-18(23)20-14)7-4-8-16-21-22-17(25-16)13-5-2-1-3-6-13/h1-3,5-6,9-10,12H,4,7-8,11H2,(H,19,24). The normalized spacial score (nSPS) is 11.1. The highest BCUT2D eigenvalue weighted by atomic mass is 32.1. The molecule has 4 rings (SSSR count). The average Bonchev–Trinajstić information content (AvgIpc) is 3.37. The van der Waals surface area contributed by atoms with Crippen LogP contribution in [0.3, 0.4) is 0 Å². The average molecular weight is 367 g/mol. The Balaban J connectivity index is 1.22. The molecular weight excluding hydrogens is 350 g/mol. The third-order valence-corrected chi connectivity index (χ3v) is 4.66. The van der Waals surface area contributed by atoms with Crippen molar-refractivity contribution in [2.45, 2.75) is 25.8 Å². The molecule has 0 saturated heterocycles. The van der Waals surface area contributed by atoms with Gasteiger partial charge >= 0.3 is 0 Å². The number of fused-ring (bicyclic) bond motifs is 1. The van der Waals surface area contributed by atoms with Gasteiger partial charge in [-0.25, -0.2) is 4.98 Å². The quantitative estimate of drug-likeness (QED) is 0.542. The number of carbonyl (C=O) groups is 1. The predicted octanol–water partition coefficient (Wildman–Crippen LogP) is 3.08. The maximum Gasteiger partial charge on any atom is 0.247 e. The molecule has 0 radical (unpaired) electrons. The minimum Gasteiger partial charge on any atom is -0.421 e. The SMILES string of the molecule is O=C(CCCc1nnc(-c2ccccc2)o1)NCc1cn2ccsc2n1. The lowest BCUT2D eigenvalue weighted by Crippen LogP contribution is -2.22. The van der Waals surface area contributed by atoms with Gasteiger partial charge in [0.05, 0.1) is 12.2 Å². The first-order valence-electron chi connectivity index (χ1n) is 8.33. The highest BCUT2D eigenvalue weighted by Crippen LogP contribution is 2.17. The fraction of sp³-hybridized carbons (Fsp3) is 0.222. The molecule has 0 atom stereocenters. The summed E-state index contributed by atoms with van der Waals surface area (Å²) in [6.45, 7) is 0.436. The third-order valence-electron chi connectivity index (χ3n) is 3.89. The van der Waals surface area contributed by atoms with Gasteiger partial charge in [0.25, 0.3) is 0 Å². The van der Waals surface area contributed by atoms with Crippen LogP contribution in [0.4, 0.5) is 0 Å². The number of hydrogen-bond donors (Lipinski definition) is 1. The Morgan fingerprint density at radius 2 is 2.12 bits per heavy atom. The number of rotatable bonds is 7. The number of nitrogens with one attached hydrogen (secondary N) is 1. The van der Waals surface area contributed by atoms with Gasteiger partial charge in [0.1, 0.15) is 0 Å². The van der Waals surface area contributed by atoms with Gasteiger partial charge in [-0.05, 0) is 18.6 Å². The molecule has 0 aliphatic carbocycles. The number of aryl methyl sites for hydroxylation is 1. The van der Waals surface area contributed by atoms with E-state index in [0.717, 1.165) is 16.2 Å². The topological polar surface area (TPSA) is 85.3 Å². The molecule has 0 spiro atoms. The van der Waals surface area contributed by atoms with Crippen molar-refractivity contribution in [1.82, 2.24) is 24.9 Å². The molecule has 0 aliphatic heterocycles. The summed E-state index contributed by atoms with van der Waals surface area (Å²) >= 11 is 1.57. The van der Waals surface area contributed by atoms with E-state index >= 15 is 0 Å². The number of imidazole rings is 1. The number of carbonyl (C=O) groups excluding carboxylic acids is 1. The molecule has 7 nitrogen and oxygen atoms in total. The highest BCUT2D eigenvalue weighted by Gasteiger charge is 2.10. The summed E-state index contributed by atoms with van der Waals surface area (Å²) in [5, 5.41) is 13.0. The van der Waals surface area contributed by atoms with Gasteiger partial charge < -0.3 is 9.73 Å². The van der Waals surface area contributed by atoms with Gasteiger partial charge in [0.15, 0.2) is 4.96 Å². The maximum absolute atomic E-state index is 12.0. The lowest BCUT2D eigenvalue weighted by Gasteiger charge is -2.02. The van der Waals surface area contributed by atoms with Crippen molar-refractivity contribution in [2.24, 2.45) is 0 Å². The van der Waals surface area contributed by atoms with E-state index in [1.165, 1.54) is 0 Å². The summed E-state index contributed by atoms with van der Waals surface area (Å²) < 4.78 is 7.59. The highest BCUT2D eigenvalue weighted by molar-refractivity contribution is 7.15. The molecule has 4 aromatic rings. The second kappa shape index (κ2) is 7.49. The molecule has 1 amide bonds.